The summed E-state index contributed by atoms with van der Waals surface area (Å²) in [5.41, 5.74) is 12.3. The van der Waals surface area contributed by atoms with Crippen molar-refractivity contribution in [1.29, 1.82) is 0 Å². The third-order valence-electron chi connectivity index (χ3n) is 8.97. The summed E-state index contributed by atoms with van der Waals surface area (Å²) >= 11 is 0. The topological polar surface area (TPSA) is 8.17 Å². The van der Waals surface area contributed by atoms with Crippen LogP contribution in [0.15, 0.2) is 158 Å². The van der Waals surface area contributed by atoms with Crippen molar-refractivity contribution < 1.29 is 0 Å². The molecule has 0 fully saturated rings. The second kappa shape index (κ2) is 10.4. The van der Waals surface area contributed by atoms with Crippen LogP contribution in [-0.4, -0.2) is 4.57 Å². The Hall–Kier alpha value is -5.34. The van der Waals surface area contributed by atoms with Gasteiger partial charge in [-0.1, -0.05) is 123 Å². The number of fused-ring (bicyclic) bond motifs is 4. The first-order chi connectivity index (χ1) is 21.6. The summed E-state index contributed by atoms with van der Waals surface area (Å²) in [6, 6.07) is 55.0. The van der Waals surface area contributed by atoms with E-state index in [0.29, 0.717) is 0 Å². The van der Waals surface area contributed by atoms with Gasteiger partial charge in [-0.2, -0.15) is 0 Å². The molecule has 44 heavy (non-hydrogen) atoms. The van der Waals surface area contributed by atoms with Crippen LogP contribution in [0.2, 0.25) is 0 Å². The number of rotatable bonds is 6. The molecule has 7 aromatic rings. The lowest BCUT2D eigenvalue weighted by Gasteiger charge is -2.29. The van der Waals surface area contributed by atoms with Crippen LogP contribution in [0.25, 0.3) is 33.2 Å². The third-order valence-corrected chi connectivity index (χ3v) is 8.97. The molecular formula is C42H34N2. The highest BCUT2D eigenvalue weighted by atomic mass is 15.2. The zero-order valence-corrected chi connectivity index (χ0v) is 25.1. The molecule has 2 heteroatoms. The van der Waals surface area contributed by atoms with Gasteiger partial charge in [0.05, 0.1) is 22.4 Å². The summed E-state index contributed by atoms with van der Waals surface area (Å²) in [7, 11) is 0. The number of hydrogen-bond donors (Lipinski definition) is 0. The SMILES string of the molecule is CC1(C)C=C(N(c2ccccc2)c2cc(Cc3ccccc3)cc3c2c2ccccc2n3-c2ccccc2)c2ccccc21. The minimum atomic E-state index is -0.0856. The monoisotopic (exact) mass is 566 g/mol. The molecule has 1 aliphatic rings. The van der Waals surface area contributed by atoms with E-state index in [0.717, 1.165) is 12.1 Å². The van der Waals surface area contributed by atoms with Crippen molar-refractivity contribution in [3.05, 3.63) is 180 Å². The number of benzene rings is 6. The van der Waals surface area contributed by atoms with E-state index in [-0.39, 0.29) is 5.41 Å². The minimum Gasteiger partial charge on any atom is -0.309 e. The Labute approximate surface area is 259 Å². The molecule has 0 aliphatic heterocycles. The standard InChI is InChI=1S/C42H34N2/c1-42(2)29-40(34-22-12-14-24-36(34)42)44(33-20-10-5-11-21-33)39-28-31(26-30-16-6-3-7-17-30)27-38-41(39)35-23-13-15-25-37(35)43(38)32-18-8-4-9-19-32/h3-25,27-29H,26H2,1-2H3. The van der Waals surface area contributed by atoms with Gasteiger partial charge in [0.2, 0.25) is 0 Å². The molecule has 1 heterocycles. The van der Waals surface area contributed by atoms with Gasteiger partial charge in [0.25, 0.3) is 0 Å². The van der Waals surface area contributed by atoms with Gasteiger partial charge in [-0.15, -0.1) is 0 Å². The molecule has 6 aromatic carbocycles. The van der Waals surface area contributed by atoms with E-state index in [4.69, 9.17) is 0 Å². The highest BCUT2D eigenvalue weighted by Gasteiger charge is 2.34. The second-order valence-electron chi connectivity index (χ2n) is 12.3. The molecule has 212 valence electrons. The van der Waals surface area contributed by atoms with Gasteiger partial charge < -0.3 is 9.47 Å². The molecule has 0 saturated carbocycles. The maximum absolute atomic E-state index is 2.51. The molecule has 0 radical (unpaired) electrons. The van der Waals surface area contributed by atoms with Gasteiger partial charge in [-0.3, -0.25) is 0 Å². The fourth-order valence-electron chi connectivity index (χ4n) is 7.03. The van der Waals surface area contributed by atoms with Crippen molar-refractivity contribution in [3.63, 3.8) is 0 Å². The Morgan fingerprint density at radius 3 is 2.00 bits per heavy atom. The molecule has 1 aliphatic carbocycles. The average molecular weight is 567 g/mol. The first kappa shape index (κ1) is 26.3. The van der Waals surface area contributed by atoms with E-state index in [1.54, 1.807) is 0 Å². The Bertz CT molecular complexity index is 2150. The lowest BCUT2D eigenvalue weighted by atomic mass is 9.87. The van der Waals surface area contributed by atoms with Crippen LogP contribution in [0.3, 0.4) is 0 Å². The van der Waals surface area contributed by atoms with Crippen molar-refractivity contribution in [3.8, 4) is 5.69 Å². The molecule has 0 unspecified atom stereocenters. The van der Waals surface area contributed by atoms with Crippen molar-refractivity contribution in [2.24, 2.45) is 0 Å². The third kappa shape index (κ3) is 4.34. The fourth-order valence-corrected chi connectivity index (χ4v) is 7.03. The van der Waals surface area contributed by atoms with Crippen LogP contribution in [0.4, 0.5) is 11.4 Å². The first-order valence-corrected chi connectivity index (χ1v) is 15.4. The average Bonchev–Trinajstić information content (AvgIpc) is 3.53. The quantitative estimate of drug-likeness (QED) is 0.194. The normalized spacial score (nSPS) is 13.6. The molecule has 0 bridgehead atoms. The van der Waals surface area contributed by atoms with Gasteiger partial charge in [-0.05, 0) is 71.7 Å². The molecule has 0 spiro atoms. The highest BCUT2D eigenvalue weighted by Crippen LogP contribution is 2.49. The number of nitrogens with zero attached hydrogens (tertiary/aromatic N) is 2. The van der Waals surface area contributed by atoms with Gasteiger partial charge >= 0.3 is 0 Å². The van der Waals surface area contributed by atoms with Gasteiger partial charge in [0, 0.05) is 33.1 Å². The number of allylic oxidation sites excluding steroid dienone is 1. The smallest absolute Gasteiger partial charge is 0.0565 e. The van der Waals surface area contributed by atoms with Crippen LogP contribution in [0.5, 0.6) is 0 Å². The summed E-state index contributed by atoms with van der Waals surface area (Å²) < 4.78 is 2.44. The summed E-state index contributed by atoms with van der Waals surface area (Å²) in [6.45, 7) is 4.65. The molecule has 0 saturated heterocycles. The predicted octanol–water partition coefficient (Wildman–Crippen LogP) is 10.8. The van der Waals surface area contributed by atoms with Gasteiger partial charge in [0.15, 0.2) is 0 Å². The molecule has 0 amide bonds. The van der Waals surface area contributed by atoms with E-state index < -0.39 is 0 Å². The Morgan fingerprint density at radius 1 is 0.591 bits per heavy atom. The largest absolute Gasteiger partial charge is 0.309 e. The maximum atomic E-state index is 2.51. The summed E-state index contributed by atoms with van der Waals surface area (Å²) in [4.78, 5) is 2.51. The van der Waals surface area contributed by atoms with Crippen molar-refractivity contribution >= 4 is 38.9 Å². The lowest BCUT2D eigenvalue weighted by molar-refractivity contribution is 0.683. The Kier molecular flexibility index (Phi) is 6.23. The number of anilines is 2. The number of hydrogen-bond acceptors (Lipinski definition) is 1. The van der Waals surface area contributed by atoms with E-state index in [1.165, 1.54) is 61.1 Å². The van der Waals surface area contributed by atoms with Crippen molar-refractivity contribution in [2.45, 2.75) is 25.7 Å². The Morgan fingerprint density at radius 2 is 1.23 bits per heavy atom. The van der Waals surface area contributed by atoms with Gasteiger partial charge in [-0.25, -0.2) is 0 Å². The van der Waals surface area contributed by atoms with E-state index >= 15 is 0 Å². The summed E-state index contributed by atoms with van der Waals surface area (Å²) in [6.07, 6.45) is 3.31. The van der Waals surface area contributed by atoms with Crippen LogP contribution in [0.1, 0.15) is 36.1 Å². The highest BCUT2D eigenvalue weighted by molar-refractivity contribution is 6.17. The van der Waals surface area contributed by atoms with Crippen molar-refractivity contribution in [2.75, 3.05) is 4.90 Å². The molecule has 2 nitrogen and oxygen atoms in total. The maximum Gasteiger partial charge on any atom is 0.0565 e. The fraction of sp³-hybridized carbons (Fsp3) is 0.0952. The van der Waals surface area contributed by atoms with Crippen LogP contribution >= 0.6 is 0 Å². The molecule has 0 atom stereocenters. The Balaban J connectivity index is 1.49. The van der Waals surface area contributed by atoms with Crippen LogP contribution in [-0.2, 0) is 11.8 Å². The number of para-hydroxylation sites is 3. The van der Waals surface area contributed by atoms with Crippen molar-refractivity contribution in [1.82, 2.24) is 4.57 Å². The van der Waals surface area contributed by atoms with Crippen LogP contribution in [0, 0.1) is 0 Å². The number of aromatic nitrogens is 1. The predicted molar refractivity (Wildman–Crippen MR) is 186 cm³/mol. The lowest BCUT2D eigenvalue weighted by Crippen LogP contribution is -2.15. The van der Waals surface area contributed by atoms with Crippen LogP contribution < -0.4 is 4.90 Å². The molecule has 8 rings (SSSR count). The minimum absolute atomic E-state index is 0.0856. The molecule has 1 aromatic heterocycles. The summed E-state index contributed by atoms with van der Waals surface area (Å²) in [5.74, 6) is 0. The zero-order chi connectivity index (χ0) is 29.7. The summed E-state index contributed by atoms with van der Waals surface area (Å²) in [5, 5.41) is 2.51. The molecular weight excluding hydrogens is 532 g/mol. The van der Waals surface area contributed by atoms with Gasteiger partial charge in [0.1, 0.15) is 0 Å². The first-order valence-electron chi connectivity index (χ1n) is 15.4. The second-order valence-corrected chi connectivity index (χ2v) is 12.3. The van der Waals surface area contributed by atoms with E-state index in [1.807, 2.05) is 0 Å². The molecule has 0 N–H and O–H groups in total. The van der Waals surface area contributed by atoms with E-state index in [2.05, 4.69) is 181 Å². The zero-order valence-electron chi connectivity index (χ0n) is 25.1. The van der Waals surface area contributed by atoms with E-state index in [9.17, 15) is 0 Å².